The highest BCUT2D eigenvalue weighted by molar-refractivity contribution is 7.89. The fraction of sp³-hybridized carbons (Fsp3) is 0.600. The summed E-state index contributed by atoms with van der Waals surface area (Å²) in [5, 5.41) is 0. The monoisotopic (exact) mass is 315 g/mol. The molecule has 6 heteroatoms. The third-order valence-corrected chi connectivity index (χ3v) is 5.93. The van der Waals surface area contributed by atoms with E-state index >= 15 is 0 Å². The first-order chi connectivity index (χ1) is 9.78. The molecule has 0 saturated carbocycles. The van der Waals surface area contributed by atoms with Crippen LogP contribution in [0, 0.1) is 5.82 Å². The van der Waals surface area contributed by atoms with Gasteiger partial charge >= 0.3 is 0 Å². The van der Waals surface area contributed by atoms with E-state index in [1.165, 1.54) is 10.4 Å². The summed E-state index contributed by atoms with van der Waals surface area (Å²) in [6, 6.07) is 6.34. The largest absolute Gasteiger partial charge is 0.370 e. The van der Waals surface area contributed by atoms with Gasteiger partial charge in [0, 0.05) is 12.1 Å². The van der Waals surface area contributed by atoms with Gasteiger partial charge < -0.3 is 4.74 Å². The maximum Gasteiger partial charge on any atom is 0.214 e. The number of hydrogen-bond acceptors (Lipinski definition) is 3. The zero-order valence-corrected chi connectivity index (χ0v) is 13.5. The van der Waals surface area contributed by atoms with Gasteiger partial charge in [0.2, 0.25) is 10.0 Å². The van der Waals surface area contributed by atoms with Crippen LogP contribution < -0.4 is 0 Å². The lowest BCUT2D eigenvalue weighted by molar-refractivity contribution is -0.0667. The standard InChI is InChI=1S/C15H22FNO3S/c1-4-9-21(18,19)17-10-14(20-11-15(17,2)3)12-7-5-6-8-13(12)16/h5-8,14H,4,9-11H2,1-3H3. The third-order valence-electron chi connectivity index (χ3n) is 3.69. The molecule has 0 aromatic heterocycles. The molecule has 1 unspecified atom stereocenters. The van der Waals surface area contributed by atoms with Crippen LogP contribution >= 0.6 is 0 Å². The molecule has 1 heterocycles. The summed E-state index contributed by atoms with van der Waals surface area (Å²) >= 11 is 0. The first-order valence-corrected chi connectivity index (χ1v) is 8.75. The van der Waals surface area contributed by atoms with Crippen molar-refractivity contribution in [3.8, 4) is 0 Å². The molecule has 1 atom stereocenters. The van der Waals surface area contributed by atoms with E-state index in [1.54, 1.807) is 18.2 Å². The summed E-state index contributed by atoms with van der Waals surface area (Å²) < 4.78 is 45.9. The fourth-order valence-corrected chi connectivity index (χ4v) is 4.51. The molecule has 1 aliphatic heterocycles. The molecule has 2 rings (SSSR count). The summed E-state index contributed by atoms with van der Waals surface area (Å²) in [7, 11) is -3.36. The molecule has 1 aromatic carbocycles. The van der Waals surface area contributed by atoms with Crippen molar-refractivity contribution in [1.82, 2.24) is 4.31 Å². The average Bonchev–Trinajstić information content (AvgIpc) is 2.39. The van der Waals surface area contributed by atoms with Crippen LogP contribution in [0.5, 0.6) is 0 Å². The molecule has 1 saturated heterocycles. The molecule has 0 aliphatic carbocycles. The van der Waals surface area contributed by atoms with Crippen LogP contribution in [0.4, 0.5) is 4.39 Å². The molecule has 118 valence electrons. The van der Waals surface area contributed by atoms with E-state index in [2.05, 4.69) is 0 Å². The van der Waals surface area contributed by atoms with Crippen molar-refractivity contribution in [2.75, 3.05) is 18.9 Å². The summed E-state index contributed by atoms with van der Waals surface area (Å²) in [5.41, 5.74) is -0.208. The normalized spacial score (nSPS) is 23.1. The van der Waals surface area contributed by atoms with Crippen molar-refractivity contribution >= 4 is 10.0 Å². The Morgan fingerprint density at radius 1 is 1.38 bits per heavy atom. The number of hydrogen-bond donors (Lipinski definition) is 0. The highest BCUT2D eigenvalue weighted by atomic mass is 32.2. The first kappa shape index (κ1) is 16.4. The number of nitrogens with zero attached hydrogens (tertiary/aromatic N) is 1. The minimum Gasteiger partial charge on any atom is -0.370 e. The molecule has 1 aliphatic rings. The Labute approximate surface area is 126 Å². The van der Waals surface area contributed by atoms with Gasteiger partial charge in [0.25, 0.3) is 0 Å². The second-order valence-corrected chi connectivity index (χ2v) is 7.99. The lowest BCUT2D eigenvalue weighted by atomic mass is 10.0. The number of morpholine rings is 1. The number of rotatable bonds is 4. The maximum absolute atomic E-state index is 13.9. The third kappa shape index (κ3) is 3.44. The van der Waals surface area contributed by atoms with Crippen molar-refractivity contribution in [1.29, 1.82) is 0 Å². The summed E-state index contributed by atoms with van der Waals surface area (Å²) in [6.07, 6.45) is -0.00833. The van der Waals surface area contributed by atoms with E-state index in [0.29, 0.717) is 12.0 Å². The molecule has 0 amide bonds. The number of ether oxygens (including phenoxy) is 1. The predicted octanol–water partition coefficient (Wildman–Crippen LogP) is 2.72. The van der Waals surface area contributed by atoms with Gasteiger partial charge in [-0.25, -0.2) is 12.8 Å². The van der Waals surface area contributed by atoms with E-state index < -0.39 is 21.7 Å². The Morgan fingerprint density at radius 2 is 2.05 bits per heavy atom. The maximum atomic E-state index is 13.9. The van der Waals surface area contributed by atoms with Gasteiger partial charge in [0.1, 0.15) is 5.82 Å². The zero-order valence-electron chi connectivity index (χ0n) is 12.7. The van der Waals surface area contributed by atoms with E-state index in [1.807, 2.05) is 20.8 Å². The van der Waals surface area contributed by atoms with Gasteiger partial charge in [0.05, 0.1) is 24.0 Å². The van der Waals surface area contributed by atoms with E-state index in [0.717, 1.165) is 0 Å². The highest BCUT2D eigenvalue weighted by Crippen LogP contribution is 2.33. The Balaban J connectivity index is 2.30. The molecule has 0 bridgehead atoms. The molecule has 4 nitrogen and oxygen atoms in total. The van der Waals surface area contributed by atoms with Crippen molar-refractivity contribution in [3.05, 3.63) is 35.6 Å². The van der Waals surface area contributed by atoms with Gasteiger partial charge in [-0.15, -0.1) is 0 Å². The smallest absolute Gasteiger partial charge is 0.214 e. The Morgan fingerprint density at radius 3 is 2.67 bits per heavy atom. The van der Waals surface area contributed by atoms with Gasteiger partial charge in [-0.3, -0.25) is 0 Å². The lowest BCUT2D eigenvalue weighted by Gasteiger charge is -2.44. The minimum absolute atomic E-state index is 0.0976. The van der Waals surface area contributed by atoms with Crippen LogP contribution in [-0.4, -0.2) is 37.2 Å². The summed E-state index contributed by atoms with van der Waals surface area (Å²) in [6.45, 7) is 5.89. The van der Waals surface area contributed by atoms with E-state index in [-0.39, 0.29) is 24.7 Å². The molecule has 1 fully saturated rings. The molecule has 21 heavy (non-hydrogen) atoms. The molecular weight excluding hydrogens is 293 g/mol. The molecule has 1 aromatic rings. The number of halogens is 1. The quantitative estimate of drug-likeness (QED) is 0.858. The Hall–Kier alpha value is -0.980. The van der Waals surface area contributed by atoms with Gasteiger partial charge in [0.15, 0.2) is 0 Å². The van der Waals surface area contributed by atoms with Crippen molar-refractivity contribution < 1.29 is 17.5 Å². The molecule has 0 radical (unpaired) electrons. The fourth-order valence-electron chi connectivity index (χ4n) is 2.61. The zero-order chi connectivity index (χ0) is 15.7. The second kappa shape index (κ2) is 6.02. The molecule has 0 N–H and O–H groups in total. The number of benzene rings is 1. The molecule has 0 spiro atoms. The SMILES string of the molecule is CCCS(=O)(=O)N1CC(c2ccccc2F)OCC1(C)C. The predicted molar refractivity (Wildman–Crippen MR) is 80.0 cm³/mol. The minimum atomic E-state index is -3.36. The highest BCUT2D eigenvalue weighted by Gasteiger charge is 2.42. The second-order valence-electron chi connectivity index (χ2n) is 5.98. The first-order valence-electron chi connectivity index (χ1n) is 7.14. The Bertz CT molecular complexity index is 601. The van der Waals surface area contributed by atoms with Crippen molar-refractivity contribution in [3.63, 3.8) is 0 Å². The van der Waals surface area contributed by atoms with Crippen LogP contribution in [0.25, 0.3) is 0 Å². The van der Waals surface area contributed by atoms with E-state index in [9.17, 15) is 12.8 Å². The van der Waals surface area contributed by atoms with Crippen LogP contribution in [0.1, 0.15) is 38.9 Å². The number of sulfonamides is 1. The summed E-state index contributed by atoms with van der Waals surface area (Å²) in [4.78, 5) is 0. The van der Waals surface area contributed by atoms with E-state index in [4.69, 9.17) is 4.74 Å². The van der Waals surface area contributed by atoms with Crippen LogP contribution in [0.3, 0.4) is 0 Å². The van der Waals surface area contributed by atoms with Gasteiger partial charge in [-0.05, 0) is 26.3 Å². The summed E-state index contributed by atoms with van der Waals surface area (Å²) in [5.74, 6) is -0.268. The average molecular weight is 315 g/mol. The molecular formula is C15H22FNO3S. The van der Waals surface area contributed by atoms with Crippen LogP contribution in [-0.2, 0) is 14.8 Å². The van der Waals surface area contributed by atoms with Gasteiger partial charge in [-0.1, -0.05) is 25.1 Å². The lowest BCUT2D eigenvalue weighted by Crippen LogP contribution is -2.56. The van der Waals surface area contributed by atoms with Crippen molar-refractivity contribution in [2.45, 2.75) is 38.8 Å². The van der Waals surface area contributed by atoms with Gasteiger partial charge in [-0.2, -0.15) is 4.31 Å². The van der Waals surface area contributed by atoms with Crippen LogP contribution in [0.2, 0.25) is 0 Å². The van der Waals surface area contributed by atoms with Crippen LogP contribution in [0.15, 0.2) is 24.3 Å². The topological polar surface area (TPSA) is 46.6 Å². The Kier molecular flexibility index (Phi) is 4.70. The van der Waals surface area contributed by atoms with Crippen molar-refractivity contribution in [2.24, 2.45) is 0 Å².